The molecule has 0 aliphatic carbocycles. The Morgan fingerprint density at radius 3 is 2.72 bits per heavy atom. The zero-order valence-corrected chi connectivity index (χ0v) is 18.1. The number of nitrogens with one attached hydrogen (secondary N) is 3. The number of nitrogens with zero attached hydrogens (tertiary/aromatic N) is 4. The highest BCUT2D eigenvalue weighted by molar-refractivity contribution is 6.01. The van der Waals surface area contributed by atoms with Crippen molar-refractivity contribution in [3.05, 3.63) is 36.0 Å². The largest absolute Gasteiger partial charge is 0.492 e. The Hall–Kier alpha value is -4.06. The van der Waals surface area contributed by atoms with Gasteiger partial charge in [0, 0.05) is 39.0 Å². The van der Waals surface area contributed by atoms with Crippen LogP contribution in [-0.2, 0) is 16.1 Å². The summed E-state index contributed by atoms with van der Waals surface area (Å²) in [5, 5.41) is 12.3. The number of pyridine rings is 2. The fourth-order valence-electron chi connectivity index (χ4n) is 2.77. The van der Waals surface area contributed by atoms with E-state index in [4.69, 9.17) is 14.0 Å². The minimum absolute atomic E-state index is 0.171. The number of hydrogen-bond donors (Lipinski definition) is 3. The van der Waals surface area contributed by atoms with Crippen LogP contribution in [0.1, 0.15) is 29.6 Å². The van der Waals surface area contributed by atoms with Crippen molar-refractivity contribution in [3.8, 4) is 17.1 Å². The Morgan fingerprint density at radius 1 is 1.22 bits per heavy atom. The second kappa shape index (κ2) is 10.3. The topological polar surface area (TPSA) is 153 Å². The van der Waals surface area contributed by atoms with Crippen molar-refractivity contribution in [3.63, 3.8) is 0 Å². The van der Waals surface area contributed by atoms with Crippen LogP contribution in [0.25, 0.3) is 11.4 Å². The average molecular weight is 441 g/mol. The Balaban J connectivity index is 2.02. The fraction of sp³-hybridized carbons (Fsp3) is 0.300. The minimum Gasteiger partial charge on any atom is -0.492 e. The average Bonchev–Trinajstić information content (AvgIpc) is 3.27. The number of amides is 2. The molecule has 0 saturated heterocycles. The molecule has 3 N–H and O–H groups in total. The summed E-state index contributed by atoms with van der Waals surface area (Å²) in [6, 6.07) is 3.21. The molecule has 12 nitrogen and oxygen atoms in total. The number of rotatable bonds is 9. The highest BCUT2D eigenvalue weighted by atomic mass is 16.5. The van der Waals surface area contributed by atoms with Gasteiger partial charge in [0.1, 0.15) is 12.4 Å². The third kappa shape index (κ3) is 4.98. The molecular formula is C20H23N7O5. The van der Waals surface area contributed by atoms with Crippen molar-refractivity contribution in [2.24, 2.45) is 0 Å². The second-order valence-electron chi connectivity index (χ2n) is 6.41. The number of methoxy groups -OCH3 is 2. The SMILES string of the molecule is CCC(=O)Nc1cc(Nc2nccc(-c3noc(COC)n3)c2OC)c(C(=O)NC)cn1. The van der Waals surface area contributed by atoms with E-state index in [9.17, 15) is 9.59 Å². The van der Waals surface area contributed by atoms with Crippen LogP contribution in [0.2, 0.25) is 0 Å². The van der Waals surface area contributed by atoms with E-state index in [1.807, 2.05) is 0 Å². The predicted molar refractivity (Wildman–Crippen MR) is 115 cm³/mol. The van der Waals surface area contributed by atoms with Crippen LogP contribution in [0, 0.1) is 0 Å². The van der Waals surface area contributed by atoms with Gasteiger partial charge in [0.25, 0.3) is 11.8 Å². The molecular weight excluding hydrogens is 418 g/mol. The second-order valence-corrected chi connectivity index (χ2v) is 6.41. The van der Waals surface area contributed by atoms with E-state index in [-0.39, 0.29) is 42.0 Å². The highest BCUT2D eigenvalue weighted by Gasteiger charge is 2.20. The van der Waals surface area contributed by atoms with Gasteiger partial charge in [-0.1, -0.05) is 12.1 Å². The number of ether oxygens (including phenoxy) is 2. The molecule has 32 heavy (non-hydrogen) atoms. The molecule has 0 aliphatic rings. The molecule has 12 heteroatoms. The first-order valence-corrected chi connectivity index (χ1v) is 9.64. The van der Waals surface area contributed by atoms with Crippen LogP contribution in [-0.4, -0.2) is 53.2 Å². The maximum absolute atomic E-state index is 12.3. The lowest BCUT2D eigenvalue weighted by Gasteiger charge is -2.15. The van der Waals surface area contributed by atoms with Crippen LogP contribution in [0.5, 0.6) is 5.75 Å². The minimum atomic E-state index is -0.370. The molecule has 3 aromatic heterocycles. The predicted octanol–water partition coefficient (Wildman–Crippen LogP) is 2.13. The van der Waals surface area contributed by atoms with Gasteiger partial charge in [0.2, 0.25) is 11.7 Å². The van der Waals surface area contributed by atoms with Crippen molar-refractivity contribution >= 4 is 29.1 Å². The summed E-state index contributed by atoms with van der Waals surface area (Å²) in [4.78, 5) is 36.8. The summed E-state index contributed by atoms with van der Waals surface area (Å²) in [5.74, 6) is 0.927. The summed E-state index contributed by atoms with van der Waals surface area (Å²) >= 11 is 0. The summed E-state index contributed by atoms with van der Waals surface area (Å²) in [7, 11) is 4.50. The van der Waals surface area contributed by atoms with E-state index < -0.39 is 0 Å². The molecule has 0 atom stereocenters. The van der Waals surface area contributed by atoms with E-state index in [1.165, 1.54) is 39.7 Å². The normalized spacial score (nSPS) is 10.5. The van der Waals surface area contributed by atoms with Crippen molar-refractivity contribution in [2.75, 3.05) is 31.9 Å². The van der Waals surface area contributed by atoms with Crippen molar-refractivity contribution in [1.29, 1.82) is 0 Å². The van der Waals surface area contributed by atoms with Gasteiger partial charge in [0.05, 0.1) is 23.9 Å². The molecule has 0 aromatic carbocycles. The standard InChI is InChI=1S/C20H23N7O5/c1-5-15(28)25-14-8-13(12(9-23-14)20(29)21-2)24-19-17(31-4)11(6-7-22-19)18-26-16(10-30-3)32-27-18/h6-9H,5,10H2,1-4H3,(H,21,29)(H2,22,23,24,25,28). The number of anilines is 3. The highest BCUT2D eigenvalue weighted by Crippen LogP contribution is 2.36. The van der Waals surface area contributed by atoms with Crippen LogP contribution in [0.15, 0.2) is 29.0 Å². The van der Waals surface area contributed by atoms with Gasteiger partial charge in [-0.15, -0.1) is 0 Å². The van der Waals surface area contributed by atoms with Gasteiger partial charge in [-0.05, 0) is 6.07 Å². The summed E-state index contributed by atoms with van der Waals surface area (Å²) in [6.45, 7) is 1.90. The summed E-state index contributed by atoms with van der Waals surface area (Å²) in [6.07, 6.45) is 3.18. The van der Waals surface area contributed by atoms with Gasteiger partial charge >= 0.3 is 0 Å². The molecule has 168 valence electrons. The molecule has 0 fully saturated rings. The van der Waals surface area contributed by atoms with Crippen molar-refractivity contribution < 1.29 is 23.6 Å². The molecule has 0 bridgehead atoms. The lowest BCUT2D eigenvalue weighted by Crippen LogP contribution is -2.20. The van der Waals surface area contributed by atoms with Gasteiger partial charge in [-0.3, -0.25) is 9.59 Å². The van der Waals surface area contributed by atoms with Crippen LogP contribution >= 0.6 is 0 Å². The van der Waals surface area contributed by atoms with Gasteiger partial charge < -0.3 is 29.9 Å². The van der Waals surface area contributed by atoms with Gasteiger partial charge in [-0.2, -0.15) is 4.98 Å². The molecule has 2 amide bonds. The van der Waals surface area contributed by atoms with Crippen molar-refractivity contribution in [2.45, 2.75) is 20.0 Å². The third-order valence-corrected chi connectivity index (χ3v) is 4.30. The first-order valence-electron chi connectivity index (χ1n) is 9.64. The summed E-state index contributed by atoms with van der Waals surface area (Å²) in [5.41, 5.74) is 1.13. The van der Waals surface area contributed by atoms with Crippen LogP contribution in [0.3, 0.4) is 0 Å². The first-order chi connectivity index (χ1) is 15.5. The van der Waals surface area contributed by atoms with E-state index in [1.54, 1.807) is 13.0 Å². The first kappa shape index (κ1) is 22.6. The van der Waals surface area contributed by atoms with E-state index in [0.717, 1.165) is 0 Å². The monoisotopic (exact) mass is 441 g/mol. The molecule has 0 spiro atoms. The van der Waals surface area contributed by atoms with E-state index in [2.05, 4.69) is 36.1 Å². The lowest BCUT2D eigenvalue weighted by atomic mass is 10.2. The van der Waals surface area contributed by atoms with Crippen LogP contribution < -0.4 is 20.7 Å². The number of carbonyl (C=O) groups excluding carboxylic acids is 2. The third-order valence-electron chi connectivity index (χ3n) is 4.30. The maximum Gasteiger partial charge on any atom is 0.254 e. The zero-order valence-electron chi connectivity index (χ0n) is 18.1. The molecule has 0 radical (unpaired) electrons. The maximum atomic E-state index is 12.3. The Kier molecular flexibility index (Phi) is 7.29. The quantitative estimate of drug-likeness (QED) is 0.450. The molecule has 3 heterocycles. The number of hydrogen-bond acceptors (Lipinski definition) is 10. The fourth-order valence-corrected chi connectivity index (χ4v) is 2.77. The summed E-state index contributed by atoms with van der Waals surface area (Å²) < 4.78 is 15.7. The Morgan fingerprint density at radius 2 is 2.03 bits per heavy atom. The van der Waals surface area contributed by atoms with E-state index in [0.29, 0.717) is 28.7 Å². The Bertz CT molecular complexity index is 1120. The smallest absolute Gasteiger partial charge is 0.254 e. The molecule has 0 unspecified atom stereocenters. The zero-order chi connectivity index (χ0) is 23.1. The Labute approximate surface area is 183 Å². The molecule has 3 rings (SSSR count). The van der Waals surface area contributed by atoms with Gasteiger partial charge in [-0.25, -0.2) is 9.97 Å². The number of carbonyl (C=O) groups is 2. The molecule has 0 saturated carbocycles. The lowest BCUT2D eigenvalue weighted by molar-refractivity contribution is -0.115. The van der Waals surface area contributed by atoms with Crippen LogP contribution in [0.4, 0.5) is 17.3 Å². The van der Waals surface area contributed by atoms with Gasteiger partial charge in [0.15, 0.2) is 11.6 Å². The molecule has 3 aromatic rings. The number of aromatic nitrogens is 4. The van der Waals surface area contributed by atoms with Crippen molar-refractivity contribution in [1.82, 2.24) is 25.4 Å². The molecule has 0 aliphatic heterocycles. The van der Waals surface area contributed by atoms with E-state index >= 15 is 0 Å².